The van der Waals surface area contributed by atoms with Crippen LogP contribution in [0.1, 0.15) is 86.5 Å². The minimum atomic E-state index is -0.488. The van der Waals surface area contributed by atoms with Crippen LogP contribution in [0.25, 0.3) is 5.57 Å². The number of allylic oxidation sites excluding steroid dienone is 2. The van der Waals surface area contributed by atoms with Crippen molar-refractivity contribution >= 4 is 28.9 Å². The van der Waals surface area contributed by atoms with Crippen molar-refractivity contribution in [1.29, 1.82) is 0 Å². The number of hydrogen-bond acceptors (Lipinski definition) is 5. The van der Waals surface area contributed by atoms with Gasteiger partial charge < -0.3 is 26.7 Å². The molecule has 0 radical (unpaired) electrons. The number of nitrogen functional groups attached to an aromatic ring is 1. The van der Waals surface area contributed by atoms with Crippen molar-refractivity contribution in [2.75, 3.05) is 24.1 Å². The fourth-order valence-corrected chi connectivity index (χ4v) is 4.87. The Morgan fingerprint density at radius 3 is 2.62 bits per heavy atom. The monoisotopic (exact) mass is 464 g/mol. The van der Waals surface area contributed by atoms with Crippen molar-refractivity contribution in [3.8, 4) is 0 Å². The number of aromatic nitrogens is 2. The molecule has 0 saturated carbocycles. The number of hydrogen-bond donors (Lipinski definition) is 4. The molecule has 1 aromatic heterocycles. The summed E-state index contributed by atoms with van der Waals surface area (Å²) in [5, 5.41) is 3.02. The zero-order valence-electron chi connectivity index (χ0n) is 20.2. The van der Waals surface area contributed by atoms with E-state index in [2.05, 4.69) is 33.5 Å². The average molecular weight is 465 g/mol. The minimum Gasteiger partial charge on any atom is -0.382 e. The zero-order chi connectivity index (χ0) is 24.3. The first-order chi connectivity index (χ1) is 16.2. The SMILES string of the molecule is CC(C)(N)CC(=O)N1CCC(c2ccc(NC(=O)c3nc(N)c[nH]3)c(C3=CCCCC3)c2)CC1. The van der Waals surface area contributed by atoms with E-state index in [9.17, 15) is 9.59 Å². The lowest BCUT2D eigenvalue weighted by Crippen LogP contribution is -2.44. The molecule has 8 nitrogen and oxygen atoms in total. The van der Waals surface area contributed by atoms with Crippen LogP contribution in [0.3, 0.4) is 0 Å². The third kappa shape index (κ3) is 5.86. The molecule has 1 fully saturated rings. The number of carbonyl (C=O) groups excluding carboxylic acids is 2. The lowest BCUT2D eigenvalue weighted by Gasteiger charge is -2.34. The Labute approximate surface area is 201 Å². The Kier molecular flexibility index (Phi) is 7.07. The van der Waals surface area contributed by atoms with E-state index in [-0.39, 0.29) is 23.5 Å². The number of imidazole rings is 1. The smallest absolute Gasteiger partial charge is 0.291 e. The van der Waals surface area contributed by atoms with Gasteiger partial charge in [0.05, 0.1) is 0 Å². The molecule has 1 aromatic carbocycles. The highest BCUT2D eigenvalue weighted by Gasteiger charge is 2.27. The molecular formula is C26H36N6O2. The quantitative estimate of drug-likeness (QED) is 0.513. The number of nitrogens with zero attached hydrogens (tertiary/aromatic N) is 2. The maximum Gasteiger partial charge on any atom is 0.291 e. The number of piperidine rings is 1. The average Bonchev–Trinajstić information content (AvgIpc) is 3.25. The van der Waals surface area contributed by atoms with E-state index in [1.54, 1.807) is 0 Å². The van der Waals surface area contributed by atoms with Crippen molar-refractivity contribution in [3.63, 3.8) is 0 Å². The Balaban J connectivity index is 1.51. The van der Waals surface area contributed by atoms with E-state index in [0.29, 0.717) is 12.3 Å². The van der Waals surface area contributed by atoms with Crippen LogP contribution in [0, 0.1) is 0 Å². The molecule has 8 heteroatoms. The number of amides is 2. The van der Waals surface area contributed by atoms with Crippen molar-refractivity contribution in [1.82, 2.24) is 14.9 Å². The number of nitrogens with one attached hydrogen (secondary N) is 2. The van der Waals surface area contributed by atoms with Gasteiger partial charge in [0, 0.05) is 42.5 Å². The molecule has 1 aliphatic heterocycles. The van der Waals surface area contributed by atoms with Gasteiger partial charge in [0.15, 0.2) is 5.82 Å². The second-order valence-electron chi connectivity index (χ2n) is 10.2. The highest BCUT2D eigenvalue weighted by Crippen LogP contribution is 2.36. The summed E-state index contributed by atoms with van der Waals surface area (Å²) in [5.41, 5.74) is 15.6. The fourth-order valence-electron chi connectivity index (χ4n) is 4.87. The molecule has 0 spiro atoms. The molecule has 2 amide bonds. The summed E-state index contributed by atoms with van der Waals surface area (Å²) in [6.45, 7) is 5.27. The number of carbonyl (C=O) groups is 2. The largest absolute Gasteiger partial charge is 0.382 e. The second kappa shape index (κ2) is 10.0. The normalized spacial score (nSPS) is 17.4. The van der Waals surface area contributed by atoms with Gasteiger partial charge in [0.1, 0.15) is 5.82 Å². The molecule has 0 atom stereocenters. The second-order valence-corrected chi connectivity index (χ2v) is 10.2. The van der Waals surface area contributed by atoms with Gasteiger partial charge in [-0.25, -0.2) is 4.98 Å². The van der Waals surface area contributed by atoms with Gasteiger partial charge in [-0.1, -0.05) is 12.1 Å². The third-order valence-corrected chi connectivity index (χ3v) is 6.67. The highest BCUT2D eigenvalue weighted by atomic mass is 16.2. The molecule has 182 valence electrons. The molecule has 0 bridgehead atoms. The van der Waals surface area contributed by atoms with Crippen LogP contribution >= 0.6 is 0 Å². The summed E-state index contributed by atoms with van der Waals surface area (Å²) in [6.07, 6.45) is 10.4. The maximum atomic E-state index is 12.7. The lowest BCUT2D eigenvalue weighted by atomic mass is 9.85. The topological polar surface area (TPSA) is 130 Å². The molecule has 2 aromatic rings. The lowest BCUT2D eigenvalue weighted by molar-refractivity contribution is -0.133. The molecule has 34 heavy (non-hydrogen) atoms. The Morgan fingerprint density at radius 1 is 1.24 bits per heavy atom. The van der Waals surface area contributed by atoms with Crippen LogP contribution in [0.2, 0.25) is 0 Å². The summed E-state index contributed by atoms with van der Waals surface area (Å²) in [7, 11) is 0. The zero-order valence-corrected chi connectivity index (χ0v) is 20.2. The van der Waals surface area contributed by atoms with Gasteiger partial charge >= 0.3 is 0 Å². The van der Waals surface area contributed by atoms with Gasteiger partial charge in [-0.3, -0.25) is 9.59 Å². The summed E-state index contributed by atoms with van der Waals surface area (Å²) < 4.78 is 0. The van der Waals surface area contributed by atoms with Crippen molar-refractivity contribution in [3.05, 3.63) is 47.4 Å². The number of likely N-dealkylation sites (tertiary alicyclic amines) is 1. The highest BCUT2D eigenvalue weighted by molar-refractivity contribution is 6.03. The molecule has 2 aliphatic rings. The minimum absolute atomic E-state index is 0.135. The standard InChI is InChI=1S/C26H36N6O2/c1-26(2,28)15-23(33)32-12-10-17(11-13-32)19-8-9-21(20(14-19)18-6-4-3-5-7-18)30-25(34)24-29-16-22(27)31-24/h6,8-9,14,16-17H,3-5,7,10-13,15,27-28H2,1-2H3,(H,29,31)(H,30,34). The van der Waals surface area contributed by atoms with Gasteiger partial charge in [0.2, 0.25) is 5.91 Å². The summed E-state index contributed by atoms with van der Waals surface area (Å²) in [5.74, 6) is 0.693. The van der Waals surface area contributed by atoms with Crippen molar-refractivity contribution < 1.29 is 9.59 Å². The Bertz CT molecular complexity index is 1070. The van der Waals surface area contributed by atoms with Crippen molar-refractivity contribution in [2.24, 2.45) is 5.73 Å². The van der Waals surface area contributed by atoms with Crippen LogP contribution in [0.5, 0.6) is 0 Å². The van der Waals surface area contributed by atoms with Crippen LogP contribution in [-0.4, -0.2) is 45.3 Å². The molecular weight excluding hydrogens is 428 g/mol. The Morgan fingerprint density at radius 2 is 2.00 bits per heavy atom. The number of nitrogens with two attached hydrogens (primary N) is 2. The first kappa shape index (κ1) is 24.0. The van der Waals surface area contributed by atoms with E-state index in [1.165, 1.54) is 23.8 Å². The molecule has 1 saturated heterocycles. The van der Waals surface area contributed by atoms with Crippen molar-refractivity contribution in [2.45, 2.75) is 70.3 Å². The Hall–Kier alpha value is -3.13. The number of rotatable bonds is 6. The number of benzene rings is 1. The first-order valence-corrected chi connectivity index (χ1v) is 12.2. The van der Waals surface area contributed by atoms with E-state index in [1.807, 2.05) is 24.8 Å². The van der Waals surface area contributed by atoms with Crippen LogP contribution in [0.15, 0.2) is 30.5 Å². The van der Waals surface area contributed by atoms with E-state index >= 15 is 0 Å². The van der Waals surface area contributed by atoms with E-state index in [0.717, 1.165) is 56.4 Å². The predicted molar refractivity (Wildman–Crippen MR) is 135 cm³/mol. The summed E-state index contributed by atoms with van der Waals surface area (Å²) in [6, 6.07) is 6.33. The van der Waals surface area contributed by atoms with Crippen LogP contribution in [0.4, 0.5) is 11.5 Å². The molecule has 4 rings (SSSR count). The maximum absolute atomic E-state index is 12.7. The van der Waals surface area contributed by atoms with E-state index < -0.39 is 5.54 Å². The third-order valence-electron chi connectivity index (χ3n) is 6.67. The van der Waals surface area contributed by atoms with Gasteiger partial charge in [-0.05, 0) is 81.6 Å². The van der Waals surface area contributed by atoms with E-state index in [4.69, 9.17) is 11.5 Å². The molecule has 2 heterocycles. The number of aromatic amines is 1. The van der Waals surface area contributed by atoms with Gasteiger partial charge in [-0.15, -0.1) is 0 Å². The summed E-state index contributed by atoms with van der Waals surface area (Å²) >= 11 is 0. The molecule has 0 unspecified atom stereocenters. The van der Waals surface area contributed by atoms with Gasteiger partial charge in [-0.2, -0.15) is 0 Å². The summed E-state index contributed by atoms with van der Waals surface area (Å²) in [4.78, 5) is 34.1. The molecule has 6 N–H and O–H groups in total. The van der Waals surface area contributed by atoms with Crippen LogP contribution in [-0.2, 0) is 4.79 Å². The number of H-pyrrole nitrogens is 1. The molecule has 1 aliphatic carbocycles. The predicted octanol–water partition coefficient (Wildman–Crippen LogP) is 4.04. The van der Waals surface area contributed by atoms with Crippen LogP contribution < -0.4 is 16.8 Å². The number of anilines is 2. The fraction of sp³-hybridized carbons (Fsp3) is 0.500. The van der Waals surface area contributed by atoms with Gasteiger partial charge in [0.25, 0.3) is 5.91 Å². The first-order valence-electron chi connectivity index (χ1n) is 12.2.